The van der Waals surface area contributed by atoms with Crippen LogP contribution in [0.3, 0.4) is 0 Å². The average molecular weight is 359 g/mol. The van der Waals surface area contributed by atoms with Crippen molar-refractivity contribution in [1.29, 1.82) is 0 Å². The first-order chi connectivity index (χ1) is 12.5. The van der Waals surface area contributed by atoms with Crippen LogP contribution >= 0.6 is 0 Å². The van der Waals surface area contributed by atoms with Gasteiger partial charge >= 0.3 is 5.97 Å². The summed E-state index contributed by atoms with van der Waals surface area (Å²) in [4.78, 5) is 20.6. The number of nitrogens with one attached hydrogen (secondary N) is 1. The Kier molecular flexibility index (Phi) is 6.57. The highest BCUT2D eigenvalue weighted by Gasteiger charge is 2.30. The maximum atomic E-state index is 12.3. The van der Waals surface area contributed by atoms with Crippen molar-refractivity contribution in [1.82, 2.24) is 5.32 Å². The Morgan fingerprint density at radius 1 is 1.23 bits per heavy atom. The van der Waals surface area contributed by atoms with E-state index in [2.05, 4.69) is 5.32 Å². The molecule has 2 aromatic rings. The third kappa shape index (κ3) is 4.73. The highest BCUT2D eigenvalue weighted by molar-refractivity contribution is 5.77. The lowest BCUT2D eigenvalue weighted by Crippen LogP contribution is -2.44. The molecular formula is C19H21NO6. The smallest absolute Gasteiger partial charge is 0.323 e. The van der Waals surface area contributed by atoms with E-state index in [4.69, 9.17) is 14.6 Å². The molecule has 0 aromatic heterocycles. The molecule has 26 heavy (non-hydrogen) atoms. The molecule has 0 spiro atoms. The standard InChI is InChI=1S/C18H19NO4.CH2O2/c1-11-14-9-17(21)16(20)8-13(14)7-15(19-11)18(22)23-10-12-5-3-2-4-6-12;2-1-3/h2-6,8-9,11,15,19-21H,7,10H2,1H3;1H,(H,2,3). The zero-order valence-electron chi connectivity index (χ0n) is 14.3. The van der Waals surface area contributed by atoms with Gasteiger partial charge in [0.05, 0.1) is 0 Å². The number of carboxylic acid groups (broad SMARTS) is 1. The van der Waals surface area contributed by atoms with Gasteiger partial charge in [-0.2, -0.15) is 0 Å². The Hall–Kier alpha value is -3.06. The van der Waals surface area contributed by atoms with Crippen LogP contribution in [-0.2, 0) is 27.4 Å². The van der Waals surface area contributed by atoms with Crippen LogP contribution in [0.4, 0.5) is 0 Å². The normalized spacial score (nSPS) is 18.0. The minimum Gasteiger partial charge on any atom is -0.504 e. The number of carbonyl (C=O) groups is 2. The van der Waals surface area contributed by atoms with Crippen molar-refractivity contribution in [2.24, 2.45) is 0 Å². The Morgan fingerprint density at radius 3 is 2.50 bits per heavy atom. The highest BCUT2D eigenvalue weighted by Crippen LogP contribution is 2.34. The maximum absolute atomic E-state index is 12.3. The molecule has 1 heterocycles. The summed E-state index contributed by atoms with van der Waals surface area (Å²) in [6, 6.07) is 12.0. The monoisotopic (exact) mass is 359 g/mol. The molecule has 2 unspecified atom stereocenters. The molecule has 0 aliphatic carbocycles. The van der Waals surface area contributed by atoms with E-state index in [0.717, 1.165) is 16.7 Å². The molecule has 7 heteroatoms. The van der Waals surface area contributed by atoms with E-state index < -0.39 is 6.04 Å². The number of phenols is 2. The van der Waals surface area contributed by atoms with Gasteiger partial charge in [-0.05, 0) is 42.2 Å². The SMILES string of the molecule is CC1NC(C(=O)OCc2ccccc2)Cc2cc(O)c(O)cc21.O=CO. The van der Waals surface area contributed by atoms with E-state index in [1.807, 2.05) is 37.3 Å². The number of ether oxygens (including phenoxy) is 1. The van der Waals surface area contributed by atoms with Crippen molar-refractivity contribution in [3.8, 4) is 11.5 Å². The molecule has 1 aliphatic rings. The summed E-state index contributed by atoms with van der Waals surface area (Å²) in [5.74, 6) is -0.643. The van der Waals surface area contributed by atoms with Crippen LogP contribution in [0.5, 0.6) is 11.5 Å². The topological polar surface area (TPSA) is 116 Å². The number of benzene rings is 2. The van der Waals surface area contributed by atoms with Gasteiger partial charge in [-0.1, -0.05) is 30.3 Å². The number of aromatic hydroxyl groups is 2. The number of phenolic OH excluding ortho intramolecular Hbond substituents is 2. The molecule has 2 aromatic carbocycles. The minimum atomic E-state index is -0.467. The quantitative estimate of drug-likeness (QED) is 0.377. The number of hydrogen-bond donors (Lipinski definition) is 4. The summed E-state index contributed by atoms with van der Waals surface area (Å²) in [7, 11) is 0. The minimum absolute atomic E-state index is 0.112. The molecule has 0 radical (unpaired) electrons. The van der Waals surface area contributed by atoms with E-state index in [1.165, 1.54) is 12.1 Å². The number of hydrogen-bond acceptors (Lipinski definition) is 6. The number of rotatable bonds is 3. The fourth-order valence-electron chi connectivity index (χ4n) is 2.87. The third-order valence-corrected chi connectivity index (χ3v) is 4.09. The lowest BCUT2D eigenvalue weighted by molar-refractivity contribution is -0.148. The van der Waals surface area contributed by atoms with Crippen molar-refractivity contribution < 1.29 is 29.6 Å². The summed E-state index contributed by atoms with van der Waals surface area (Å²) < 4.78 is 5.37. The Balaban J connectivity index is 0.000000758. The van der Waals surface area contributed by atoms with Gasteiger partial charge in [0.1, 0.15) is 12.6 Å². The highest BCUT2D eigenvalue weighted by atomic mass is 16.5. The molecule has 4 N–H and O–H groups in total. The summed E-state index contributed by atoms with van der Waals surface area (Å²) in [6.07, 6.45) is 0.418. The van der Waals surface area contributed by atoms with E-state index in [1.54, 1.807) is 0 Å². The van der Waals surface area contributed by atoms with E-state index in [-0.39, 0.29) is 36.6 Å². The fraction of sp³-hybridized carbons (Fsp3) is 0.263. The van der Waals surface area contributed by atoms with Crippen molar-refractivity contribution in [3.63, 3.8) is 0 Å². The Labute approximate surface area is 150 Å². The van der Waals surface area contributed by atoms with Crippen LogP contribution in [0.25, 0.3) is 0 Å². The first-order valence-corrected chi connectivity index (χ1v) is 8.05. The van der Waals surface area contributed by atoms with Crippen molar-refractivity contribution >= 4 is 12.4 Å². The van der Waals surface area contributed by atoms with Crippen LogP contribution in [0.2, 0.25) is 0 Å². The van der Waals surface area contributed by atoms with Crippen molar-refractivity contribution in [2.75, 3.05) is 0 Å². The molecule has 138 valence electrons. The molecule has 2 atom stereocenters. The Bertz CT molecular complexity index is 762. The van der Waals surface area contributed by atoms with E-state index >= 15 is 0 Å². The molecule has 0 saturated heterocycles. The number of carbonyl (C=O) groups excluding carboxylic acids is 1. The average Bonchev–Trinajstić information content (AvgIpc) is 2.63. The van der Waals surface area contributed by atoms with Crippen LogP contribution in [0.15, 0.2) is 42.5 Å². The third-order valence-electron chi connectivity index (χ3n) is 4.09. The lowest BCUT2D eigenvalue weighted by Gasteiger charge is -2.30. The van der Waals surface area contributed by atoms with E-state index in [9.17, 15) is 15.0 Å². The summed E-state index contributed by atoms with van der Waals surface area (Å²) in [5, 5.41) is 29.3. The molecule has 0 fully saturated rings. The van der Waals surface area contributed by atoms with Crippen LogP contribution in [0.1, 0.15) is 29.7 Å². The zero-order valence-corrected chi connectivity index (χ0v) is 14.3. The molecule has 3 rings (SSSR count). The van der Waals surface area contributed by atoms with Crippen LogP contribution in [-0.4, -0.2) is 33.8 Å². The number of fused-ring (bicyclic) bond motifs is 1. The summed E-state index contributed by atoms with van der Waals surface area (Å²) in [5.41, 5.74) is 2.66. The fourth-order valence-corrected chi connectivity index (χ4v) is 2.87. The van der Waals surface area contributed by atoms with Crippen molar-refractivity contribution in [3.05, 3.63) is 59.2 Å². The van der Waals surface area contributed by atoms with Crippen LogP contribution in [0, 0.1) is 0 Å². The van der Waals surface area contributed by atoms with Crippen LogP contribution < -0.4 is 5.32 Å². The molecular weight excluding hydrogens is 338 g/mol. The van der Waals surface area contributed by atoms with Gasteiger partial charge in [-0.3, -0.25) is 14.9 Å². The zero-order chi connectivity index (χ0) is 19.1. The Morgan fingerprint density at radius 2 is 1.85 bits per heavy atom. The first-order valence-electron chi connectivity index (χ1n) is 8.05. The number of esters is 1. The van der Waals surface area contributed by atoms with Crippen molar-refractivity contribution in [2.45, 2.75) is 32.0 Å². The van der Waals surface area contributed by atoms with Gasteiger partial charge < -0.3 is 20.1 Å². The predicted molar refractivity (Wildman–Crippen MR) is 93.7 cm³/mol. The molecule has 1 aliphatic heterocycles. The second kappa shape index (κ2) is 8.87. The molecule has 0 amide bonds. The lowest BCUT2D eigenvalue weighted by atomic mass is 9.90. The largest absolute Gasteiger partial charge is 0.504 e. The second-order valence-electron chi connectivity index (χ2n) is 5.88. The van der Waals surface area contributed by atoms with Gasteiger partial charge in [-0.25, -0.2) is 0 Å². The van der Waals surface area contributed by atoms with Gasteiger partial charge in [-0.15, -0.1) is 0 Å². The molecule has 0 bridgehead atoms. The first kappa shape index (κ1) is 19.3. The summed E-state index contributed by atoms with van der Waals surface area (Å²) in [6.45, 7) is 1.89. The molecule has 0 saturated carbocycles. The van der Waals surface area contributed by atoms with Gasteiger partial charge in [0.15, 0.2) is 11.5 Å². The van der Waals surface area contributed by atoms with Gasteiger partial charge in [0.2, 0.25) is 0 Å². The predicted octanol–water partition coefficient (Wildman–Crippen LogP) is 2.12. The summed E-state index contributed by atoms with van der Waals surface area (Å²) >= 11 is 0. The van der Waals surface area contributed by atoms with E-state index in [0.29, 0.717) is 6.42 Å². The maximum Gasteiger partial charge on any atom is 0.323 e. The van der Waals surface area contributed by atoms with Gasteiger partial charge in [0.25, 0.3) is 6.47 Å². The molecule has 7 nitrogen and oxygen atoms in total. The second-order valence-corrected chi connectivity index (χ2v) is 5.88. The van der Waals surface area contributed by atoms with Gasteiger partial charge in [0, 0.05) is 6.04 Å².